The van der Waals surface area contributed by atoms with Gasteiger partial charge in [-0.05, 0) is 44.5 Å². The van der Waals surface area contributed by atoms with E-state index in [0.29, 0.717) is 23.0 Å². The van der Waals surface area contributed by atoms with Gasteiger partial charge in [0.05, 0.1) is 17.8 Å². The molecule has 0 spiro atoms. The fourth-order valence-electron chi connectivity index (χ4n) is 3.22. The van der Waals surface area contributed by atoms with Crippen molar-refractivity contribution in [2.75, 3.05) is 0 Å². The molecule has 142 valence electrons. The number of esters is 1. The number of nitrogens with zero attached hydrogens (tertiary/aromatic N) is 3. The van der Waals surface area contributed by atoms with Crippen molar-refractivity contribution in [3.8, 4) is 0 Å². The number of aryl methyl sites for hydroxylation is 1. The smallest absolute Gasteiger partial charge is 0.303 e. The Kier molecular flexibility index (Phi) is 5.45. The molecule has 27 heavy (non-hydrogen) atoms. The monoisotopic (exact) mass is 405 g/mol. The van der Waals surface area contributed by atoms with Crippen molar-refractivity contribution >= 4 is 40.2 Å². The molecule has 0 aliphatic carbocycles. The fraction of sp³-hybridized carbons (Fsp3) is 0.350. The highest BCUT2D eigenvalue weighted by molar-refractivity contribution is 6.36. The van der Waals surface area contributed by atoms with Gasteiger partial charge in [-0.15, -0.1) is 0 Å². The third-order valence-corrected chi connectivity index (χ3v) is 4.94. The Hall–Kier alpha value is -2.11. The maximum absolute atomic E-state index is 11.3. The van der Waals surface area contributed by atoms with Gasteiger partial charge in [0.15, 0.2) is 0 Å². The van der Waals surface area contributed by atoms with E-state index in [9.17, 15) is 4.79 Å². The van der Waals surface area contributed by atoms with Gasteiger partial charge in [0, 0.05) is 35.2 Å². The van der Waals surface area contributed by atoms with Gasteiger partial charge in [0.25, 0.3) is 0 Å². The molecule has 0 atom stereocenters. The highest BCUT2D eigenvalue weighted by Crippen LogP contribution is 2.27. The molecular formula is C20H21Cl2N3O2. The van der Waals surface area contributed by atoms with Gasteiger partial charge in [-0.2, -0.15) is 5.10 Å². The summed E-state index contributed by atoms with van der Waals surface area (Å²) >= 11 is 12.6. The Morgan fingerprint density at radius 2 is 1.93 bits per heavy atom. The zero-order chi connectivity index (χ0) is 19.8. The summed E-state index contributed by atoms with van der Waals surface area (Å²) in [4.78, 5) is 15.9. The van der Waals surface area contributed by atoms with E-state index in [1.807, 2.05) is 49.7 Å². The molecule has 3 rings (SSSR count). The lowest BCUT2D eigenvalue weighted by atomic mass is 9.99. The molecule has 0 aliphatic heterocycles. The molecule has 2 aromatic heterocycles. The lowest BCUT2D eigenvalue weighted by Gasteiger charge is -2.24. The molecule has 0 N–H and O–H groups in total. The summed E-state index contributed by atoms with van der Waals surface area (Å²) in [6, 6.07) is 7.47. The lowest BCUT2D eigenvalue weighted by molar-refractivity contribution is -0.153. The number of hydrogen-bond donors (Lipinski definition) is 0. The average Bonchev–Trinajstić information content (AvgIpc) is 2.85. The number of benzene rings is 1. The van der Waals surface area contributed by atoms with Crippen molar-refractivity contribution in [1.82, 2.24) is 14.8 Å². The van der Waals surface area contributed by atoms with Crippen LogP contribution in [0.4, 0.5) is 0 Å². The molecule has 5 nitrogen and oxygen atoms in total. The van der Waals surface area contributed by atoms with Crippen LogP contribution in [-0.2, 0) is 22.5 Å². The number of aromatic nitrogens is 3. The van der Waals surface area contributed by atoms with E-state index in [1.54, 1.807) is 6.20 Å². The maximum atomic E-state index is 11.3. The normalized spacial score (nSPS) is 11.8. The molecule has 0 aliphatic rings. The van der Waals surface area contributed by atoms with Crippen LogP contribution in [0.2, 0.25) is 10.0 Å². The van der Waals surface area contributed by atoms with Crippen LogP contribution in [0.15, 0.2) is 30.5 Å². The van der Waals surface area contributed by atoms with E-state index in [-0.39, 0.29) is 5.97 Å². The van der Waals surface area contributed by atoms with Crippen LogP contribution in [0.1, 0.15) is 37.6 Å². The minimum absolute atomic E-state index is 0.303. The van der Waals surface area contributed by atoms with E-state index in [4.69, 9.17) is 27.9 Å². The van der Waals surface area contributed by atoms with Crippen LogP contribution < -0.4 is 0 Å². The first-order valence-electron chi connectivity index (χ1n) is 8.61. The maximum Gasteiger partial charge on any atom is 0.303 e. The molecule has 1 aromatic carbocycles. The second-order valence-corrected chi connectivity index (χ2v) is 8.00. The zero-order valence-corrected chi connectivity index (χ0v) is 17.2. The molecular weight excluding hydrogens is 385 g/mol. The molecule has 0 amide bonds. The molecule has 0 saturated carbocycles. The first-order valence-corrected chi connectivity index (χ1v) is 9.36. The molecule has 7 heteroatoms. The average molecular weight is 406 g/mol. The Morgan fingerprint density at radius 1 is 1.26 bits per heavy atom. The van der Waals surface area contributed by atoms with Crippen molar-refractivity contribution in [1.29, 1.82) is 0 Å². The summed E-state index contributed by atoms with van der Waals surface area (Å²) in [7, 11) is 0. The molecule has 0 bridgehead atoms. The summed E-state index contributed by atoms with van der Waals surface area (Å²) in [5.41, 5.74) is 3.70. The predicted octanol–water partition coefficient (Wildman–Crippen LogP) is 4.98. The van der Waals surface area contributed by atoms with Gasteiger partial charge in [-0.25, -0.2) is 0 Å². The summed E-state index contributed by atoms with van der Waals surface area (Å²) < 4.78 is 7.25. The molecule has 3 aromatic rings. The molecule has 0 radical (unpaired) electrons. The van der Waals surface area contributed by atoms with Crippen molar-refractivity contribution in [2.24, 2.45) is 0 Å². The van der Waals surface area contributed by atoms with Gasteiger partial charge < -0.3 is 4.74 Å². The first-order chi connectivity index (χ1) is 12.7. The number of hydrogen-bond acceptors (Lipinski definition) is 4. The van der Waals surface area contributed by atoms with Crippen molar-refractivity contribution < 1.29 is 9.53 Å². The largest absolute Gasteiger partial charge is 0.459 e. The van der Waals surface area contributed by atoms with Crippen LogP contribution in [-0.4, -0.2) is 26.3 Å². The first kappa shape index (κ1) is 19.6. The van der Waals surface area contributed by atoms with E-state index in [0.717, 1.165) is 27.9 Å². The van der Waals surface area contributed by atoms with E-state index >= 15 is 0 Å². The van der Waals surface area contributed by atoms with Crippen LogP contribution in [0.25, 0.3) is 11.0 Å². The second-order valence-electron chi connectivity index (χ2n) is 7.18. The Balaban J connectivity index is 1.98. The standard InChI is InChI=1S/C20H21Cl2N3O2/c1-12-19-18(8-14(10-23-19)9-20(3,4)27-13(2)26)25(24-12)11-15-16(21)6-5-7-17(15)22/h5-8,10H,9,11H2,1-4H3. The minimum Gasteiger partial charge on any atom is -0.459 e. The van der Waals surface area contributed by atoms with Crippen LogP contribution in [0.5, 0.6) is 0 Å². The summed E-state index contributed by atoms with van der Waals surface area (Å²) in [5.74, 6) is -0.303. The number of fused-ring (bicyclic) bond motifs is 1. The number of pyridine rings is 1. The Bertz CT molecular complexity index is 992. The molecule has 0 saturated heterocycles. The summed E-state index contributed by atoms with van der Waals surface area (Å²) in [6.45, 7) is 7.54. The molecule has 0 fully saturated rings. The summed E-state index contributed by atoms with van der Waals surface area (Å²) in [5, 5.41) is 5.81. The van der Waals surface area contributed by atoms with Crippen molar-refractivity contribution in [3.63, 3.8) is 0 Å². The molecule has 2 heterocycles. The minimum atomic E-state index is -0.618. The number of halogens is 2. The Morgan fingerprint density at radius 3 is 2.56 bits per heavy atom. The van der Waals surface area contributed by atoms with Gasteiger partial charge in [0.2, 0.25) is 0 Å². The Labute approximate surface area is 168 Å². The molecule has 0 unspecified atom stereocenters. The second kappa shape index (κ2) is 7.49. The highest BCUT2D eigenvalue weighted by Gasteiger charge is 2.23. The predicted molar refractivity (Wildman–Crippen MR) is 107 cm³/mol. The fourth-order valence-corrected chi connectivity index (χ4v) is 3.74. The van der Waals surface area contributed by atoms with Gasteiger partial charge >= 0.3 is 5.97 Å². The third-order valence-electron chi connectivity index (χ3n) is 4.24. The zero-order valence-electron chi connectivity index (χ0n) is 15.7. The highest BCUT2D eigenvalue weighted by atomic mass is 35.5. The number of rotatable bonds is 5. The quantitative estimate of drug-likeness (QED) is 0.561. The van der Waals surface area contributed by atoms with Gasteiger partial charge in [-0.3, -0.25) is 14.5 Å². The van der Waals surface area contributed by atoms with Crippen LogP contribution in [0, 0.1) is 6.92 Å². The third kappa shape index (κ3) is 4.42. The number of ether oxygens (including phenoxy) is 1. The van der Waals surface area contributed by atoms with E-state index < -0.39 is 5.60 Å². The van der Waals surface area contributed by atoms with E-state index in [1.165, 1.54) is 6.92 Å². The van der Waals surface area contributed by atoms with Gasteiger partial charge in [-0.1, -0.05) is 29.3 Å². The van der Waals surface area contributed by atoms with Crippen molar-refractivity contribution in [2.45, 2.75) is 46.3 Å². The van der Waals surface area contributed by atoms with E-state index in [2.05, 4.69) is 10.1 Å². The topological polar surface area (TPSA) is 57.0 Å². The van der Waals surface area contributed by atoms with Crippen molar-refractivity contribution in [3.05, 3.63) is 57.3 Å². The SMILES string of the molecule is CC(=O)OC(C)(C)Cc1cnc2c(C)nn(Cc3c(Cl)cccc3Cl)c2c1. The summed E-state index contributed by atoms with van der Waals surface area (Å²) in [6.07, 6.45) is 2.35. The van der Waals surface area contributed by atoms with Crippen LogP contribution in [0.3, 0.4) is 0 Å². The van der Waals surface area contributed by atoms with Gasteiger partial charge in [0.1, 0.15) is 11.1 Å². The lowest BCUT2D eigenvalue weighted by Crippen LogP contribution is -2.29. The number of carbonyl (C=O) groups excluding carboxylic acids is 1. The van der Waals surface area contributed by atoms with Crippen LogP contribution >= 0.6 is 23.2 Å². The number of carbonyl (C=O) groups is 1.